The van der Waals surface area contributed by atoms with Gasteiger partial charge >= 0.3 is 6.09 Å². The number of halogens is 1. The van der Waals surface area contributed by atoms with Crippen molar-refractivity contribution < 1.29 is 9.90 Å². The highest BCUT2D eigenvalue weighted by molar-refractivity contribution is 7.80. The molecule has 0 unspecified atom stereocenters. The number of benzene rings is 2. The maximum Gasteiger partial charge on any atom is 0.409 e. The summed E-state index contributed by atoms with van der Waals surface area (Å²) in [6, 6.07) is 16.7. The van der Waals surface area contributed by atoms with Crippen LogP contribution < -0.4 is 20.4 Å². The minimum Gasteiger partial charge on any atom is -0.465 e. The van der Waals surface area contributed by atoms with Crippen LogP contribution in [0.1, 0.15) is 5.56 Å². The number of nitrogens with zero attached hydrogens (tertiary/aromatic N) is 6. The zero-order chi connectivity index (χ0) is 24.5. The molecule has 4 aromatic rings. The van der Waals surface area contributed by atoms with Crippen LogP contribution >= 0.6 is 23.8 Å². The lowest BCUT2D eigenvalue weighted by atomic mass is 10.1. The van der Waals surface area contributed by atoms with Gasteiger partial charge in [-0.2, -0.15) is 10.1 Å². The molecule has 0 spiro atoms. The van der Waals surface area contributed by atoms with Crippen LogP contribution in [-0.2, 0) is 13.6 Å². The van der Waals surface area contributed by atoms with E-state index in [2.05, 4.69) is 20.7 Å². The third kappa shape index (κ3) is 4.59. The van der Waals surface area contributed by atoms with Gasteiger partial charge in [-0.15, -0.1) is 0 Å². The standard InChI is InChI=1S/C23H19ClN8O2S/c1-30-13-18(19(24)29-30)27-21-25-11-14-12-31(16-7-3-2-4-8-16)23(35)32(20(14)28-21)17-9-5-6-15(10-17)26-22(33)34/h2-11,13,26H,12H2,1H3,(H,33,34)(H,25,27,28). The minimum absolute atomic E-state index is 0.295. The third-order valence-corrected chi connectivity index (χ3v) is 5.94. The summed E-state index contributed by atoms with van der Waals surface area (Å²) >= 11 is 12.1. The highest BCUT2D eigenvalue weighted by Crippen LogP contribution is 2.37. The van der Waals surface area contributed by atoms with Crippen LogP contribution in [0.25, 0.3) is 0 Å². The number of aryl methyl sites for hydroxylation is 1. The van der Waals surface area contributed by atoms with Gasteiger partial charge in [-0.3, -0.25) is 14.9 Å². The summed E-state index contributed by atoms with van der Waals surface area (Å²) < 4.78 is 1.59. The van der Waals surface area contributed by atoms with E-state index in [1.54, 1.807) is 47.2 Å². The van der Waals surface area contributed by atoms with Gasteiger partial charge < -0.3 is 15.3 Å². The number of rotatable bonds is 5. The largest absolute Gasteiger partial charge is 0.465 e. The summed E-state index contributed by atoms with van der Waals surface area (Å²) in [7, 11) is 1.77. The number of hydrogen-bond acceptors (Lipinski definition) is 6. The fourth-order valence-electron chi connectivity index (χ4n) is 3.77. The number of carbonyl (C=O) groups is 1. The van der Waals surface area contributed by atoms with E-state index in [9.17, 15) is 4.79 Å². The zero-order valence-electron chi connectivity index (χ0n) is 18.4. The molecule has 0 saturated carbocycles. The van der Waals surface area contributed by atoms with Crippen molar-refractivity contribution >= 4 is 69.5 Å². The zero-order valence-corrected chi connectivity index (χ0v) is 20.0. The summed E-state index contributed by atoms with van der Waals surface area (Å²) in [5.74, 6) is 0.895. The highest BCUT2D eigenvalue weighted by Gasteiger charge is 2.31. The molecule has 0 atom stereocenters. The lowest BCUT2D eigenvalue weighted by molar-refractivity contribution is 0.210. The number of hydrogen-bond donors (Lipinski definition) is 3. The van der Waals surface area contributed by atoms with Gasteiger partial charge in [0, 0.05) is 36.4 Å². The first-order valence-corrected chi connectivity index (χ1v) is 11.3. The van der Waals surface area contributed by atoms with Crippen LogP contribution in [0.5, 0.6) is 0 Å². The van der Waals surface area contributed by atoms with Crippen molar-refractivity contribution in [1.82, 2.24) is 19.7 Å². The Morgan fingerprint density at radius 2 is 1.91 bits per heavy atom. The SMILES string of the molecule is Cn1cc(Nc2ncc3c(n2)N(c2cccc(NC(=O)O)c2)C(=S)N(c2ccccc2)C3)c(Cl)n1. The van der Waals surface area contributed by atoms with Gasteiger partial charge in [-0.25, -0.2) is 9.78 Å². The summed E-state index contributed by atoms with van der Waals surface area (Å²) in [5, 5.41) is 19.5. The van der Waals surface area contributed by atoms with Crippen molar-refractivity contribution in [2.45, 2.75) is 6.54 Å². The second-order valence-electron chi connectivity index (χ2n) is 7.69. The normalized spacial score (nSPS) is 12.9. The molecule has 12 heteroatoms. The highest BCUT2D eigenvalue weighted by atomic mass is 35.5. The van der Waals surface area contributed by atoms with Gasteiger partial charge in [0.2, 0.25) is 5.95 Å². The maximum absolute atomic E-state index is 11.2. The first kappa shape index (κ1) is 22.6. The molecule has 3 N–H and O–H groups in total. The molecular formula is C23H19ClN8O2S. The molecule has 2 aromatic heterocycles. The number of para-hydroxylation sites is 1. The van der Waals surface area contributed by atoms with Crippen molar-refractivity contribution in [3.8, 4) is 0 Å². The van der Waals surface area contributed by atoms with Crippen molar-refractivity contribution in [2.24, 2.45) is 7.05 Å². The fraction of sp³-hybridized carbons (Fsp3) is 0.0870. The molecule has 2 aromatic carbocycles. The van der Waals surface area contributed by atoms with Crippen LogP contribution in [0.4, 0.5) is 39.3 Å². The fourth-order valence-corrected chi connectivity index (χ4v) is 4.34. The van der Waals surface area contributed by atoms with E-state index < -0.39 is 6.09 Å². The lowest BCUT2D eigenvalue weighted by Crippen LogP contribution is -2.45. The van der Waals surface area contributed by atoms with E-state index in [0.29, 0.717) is 45.6 Å². The number of fused-ring (bicyclic) bond motifs is 1. The average molecular weight is 507 g/mol. The second-order valence-corrected chi connectivity index (χ2v) is 8.42. The van der Waals surface area contributed by atoms with E-state index in [1.807, 2.05) is 41.3 Å². The quantitative estimate of drug-likeness (QED) is 0.317. The molecule has 0 radical (unpaired) electrons. The van der Waals surface area contributed by atoms with Gasteiger partial charge in [0.05, 0.1) is 17.9 Å². The molecule has 0 saturated heterocycles. The van der Waals surface area contributed by atoms with E-state index in [-0.39, 0.29) is 0 Å². The monoisotopic (exact) mass is 506 g/mol. The van der Waals surface area contributed by atoms with Crippen LogP contribution in [0, 0.1) is 0 Å². The Morgan fingerprint density at radius 1 is 1.14 bits per heavy atom. The van der Waals surface area contributed by atoms with Gasteiger partial charge in [0.25, 0.3) is 0 Å². The minimum atomic E-state index is -1.16. The van der Waals surface area contributed by atoms with Gasteiger partial charge in [-0.05, 0) is 42.5 Å². The third-order valence-electron chi connectivity index (χ3n) is 5.26. The van der Waals surface area contributed by atoms with E-state index in [1.165, 1.54) is 0 Å². The van der Waals surface area contributed by atoms with Gasteiger partial charge in [0.15, 0.2) is 10.3 Å². The molecular weight excluding hydrogens is 488 g/mol. The van der Waals surface area contributed by atoms with Crippen LogP contribution in [-0.4, -0.2) is 36.1 Å². The predicted molar refractivity (Wildman–Crippen MR) is 139 cm³/mol. The molecule has 3 heterocycles. The molecule has 1 amide bonds. The van der Waals surface area contributed by atoms with Gasteiger partial charge in [-0.1, -0.05) is 35.9 Å². The number of nitrogens with one attached hydrogen (secondary N) is 2. The van der Waals surface area contributed by atoms with Crippen LogP contribution in [0.3, 0.4) is 0 Å². The summed E-state index contributed by atoms with van der Waals surface area (Å²) in [4.78, 5) is 24.2. The number of aromatic nitrogens is 4. The van der Waals surface area contributed by atoms with Crippen molar-refractivity contribution in [3.63, 3.8) is 0 Å². The number of carboxylic acid groups (broad SMARTS) is 1. The maximum atomic E-state index is 11.2. The van der Waals surface area contributed by atoms with Crippen LogP contribution in [0.2, 0.25) is 5.15 Å². The molecule has 0 fully saturated rings. The molecule has 10 nitrogen and oxygen atoms in total. The number of anilines is 6. The smallest absolute Gasteiger partial charge is 0.409 e. The Kier molecular flexibility index (Phi) is 5.93. The molecule has 176 valence electrons. The van der Waals surface area contributed by atoms with Crippen molar-refractivity contribution in [1.29, 1.82) is 0 Å². The second kappa shape index (κ2) is 9.20. The average Bonchev–Trinajstić information content (AvgIpc) is 3.15. The Balaban J connectivity index is 1.60. The Bertz CT molecular complexity index is 1430. The summed E-state index contributed by atoms with van der Waals surface area (Å²) in [6.45, 7) is 0.468. The molecule has 35 heavy (non-hydrogen) atoms. The van der Waals surface area contributed by atoms with Crippen LogP contribution in [0.15, 0.2) is 67.0 Å². The lowest BCUT2D eigenvalue weighted by Gasteiger charge is -2.38. The topological polar surface area (TPSA) is 111 Å². The van der Waals surface area contributed by atoms with Gasteiger partial charge in [0.1, 0.15) is 5.82 Å². The summed E-state index contributed by atoms with van der Waals surface area (Å²) in [5.41, 5.74) is 3.37. The molecule has 1 aliphatic rings. The Morgan fingerprint density at radius 3 is 2.63 bits per heavy atom. The molecule has 1 aliphatic heterocycles. The van der Waals surface area contributed by atoms with E-state index >= 15 is 0 Å². The van der Waals surface area contributed by atoms with E-state index in [4.69, 9.17) is 33.9 Å². The Labute approximate surface area is 210 Å². The summed E-state index contributed by atoms with van der Waals surface area (Å²) in [6.07, 6.45) is 2.31. The first-order valence-electron chi connectivity index (χ1n) is 10.5. The van der Waals surface area contributed by atoms with Crippen molar-refractivity contribution in [3.05, 3.63) is 77.7 Å². The Hall–Kier alpha value is -4.22. The molecule has 0 aliphatic carbocycles. The molecule has 0 bridgehead atoms. The van der Waals surface area contributed by atoms with Crippen molar-refractivity contribution in [2.75, 3.05) is 20.4 Å². The molecule has 5 rings (SSSR count). The first-order chi connectivity index (χ1) is 16.9. The number of thiocarbonyl (C=S) groups is 1. The van der Waals surface area contributed by atoms with E-state index in [0.717, 1.165) is 11.3 Å². The number of amides is 1. The predicted octanol–water partition coefficient (Wildman–Crippen LogP) is 5.14.